The average molecular weight is 507 g/mol. The Morgan fingerprint density at radius 3 is 2.41 bits per heavy atom. The van der Waals surface area contributed by atoms with E-state index >= 15 is 0 Å². The second-order valence-electron chi connectivity index (χ2n) is 7.03. The third-order valence-corrected chi connectivity index (χ3v) is 6.40. The van der Waals surface area contributed by atoms with Crippen LogP contribution in [-0.2, 0) is 14.8 Å². The van der Waals surface area contributed by atoms with E-state index in [-0.39, 0.29) is 22.0 Å². The van der Waals surface area contributed by atoms with Crippen molar-refractivity contribution in [3.05, 3.63) is 48.3 Å². The molecule has 184 valence electrons. The molecule has 1 heterocycles. The number of carboxylic acid groups (broad SMARTS) is 1. The molecular formula is C19H17F4N3O7S. The quantitative estimate of drug-likeness (QED) is 0.437. The molecule has 2 aromatic carbocycles. The predicted molar refractivity (Wildman–Crippen MR) is 109 cm³/mol. The van der Waals surface area contributed by atoms with Gasteiger partial charge in [-0.3, -0.25) is 14.4 Å². The number of carbonyl (C=O) groups is 2. The van der Waals surface area contributed by atoms with Gasteiger partial charge < -0.3 is 20.3 Å². The van der Waals surface area contributed by atoms with Crippen LogP contribution in [0.3, 0.4) is 0 Å². The molecule has 0 spiro atoms. The molecule has 0 radical (unpaired) electrons. The summed E-state index contributed by atoms with van der Waals surface area (Å²) in [5.41, 5.74) is -0.109. The van der Waals surface area contributed by atoms with E-state index in [0.29, 0.717) is 0 Å². The largest absolute Gasteiger partial charge is 0.484 e. The maximum Gasteiger partial charge on any atom is 0.423 e. The van der Waals surface area contributed by atoms with Gasteiger partial charge >= 0.3 is 12.3 Å². The first kappa shape index (κ1) is 25.0. The molecule has 0 aliphatic carbocycles. The second kappa shape index (κ2) is 9.34. The minimum Gasteiger partial charge on any atom is -0.484 e. The monoisotopic (exact) mass is 507 g/mol. The zero-order chi connectivity index (χ0) is 25.3. The normalized spacial score (nSPS) is 16.7. The SMILES string of the molecule is O=C(O)Nc1ccc2c(c1)N(S(=O)(=O)c1ccc(F)cc1)C[C@H](CNC(=O)C(O)C(F)(F)F)O2. The van der Waals surface area contributed by atoms with Crippen molar-refractivity contribution in [1.82, 2.24) is 5.32 Å². The zero-order valence-electron chi connectivity index (χ0n) is 16.9. The molecule has 0 fully saturated rings. The number of rotatable bonds is 6. The van der Waals surface area contributed by atoms with E-state index in [1.807, 2.05) is 5.32 Å². The lowest BCUT2D eigenvalue weighted by atomic mass is 10.2. The molecule has 1 aliphatic rings. The molecule has 3 rings (SSSR count). The number of anilines is 2. The van der Waals surface area contributed by atoms with Crippen molar-refractivity contribution >= 4 is 33.4 Å². The lowest BCUT2D eigenvalue weighted by Crippen LogP contribution is -2.51. The number of alkyl halides is 3. The van der Waals surface area contributed by atoms with Crippen LogP contribution in [0.25, 0.3) is 0 Å². The van der Waals surface area contributed by atoms with Crippen molar-refractivity contribution in [1.29, 1.82) is 0 Å². The number of halogens is 4. The number of ether oxygens (including phenoxy) is 1. The number of carbonyl (C=O) groups excluding carboxylic acids is 1. The van der Waals surface area contributed by atoms with Crippen LogP contribution in [0.4, 0.5) is 33.7 Å². The molecule has 1 aliphatic heterocycles. The van der Waals surface area contributed by atoms with Crippen molar-refractivity contribution in [2.45, 2.75) is 23.3 Å². The molecule has 0 bridgehead atoms. The molecule has 1 unspecified atom stereocenters. The smallest absolute Gasteiger partial charge is 0.423 e. The highest BCUT2D eigenvalue weighted by Gasteiger charge is 2.44. The standard InChI is InChI=1S/C19H17F4N3O7S/c20-10-1-4-13(5-2-10)34(31,32)26-9-12(8-24-17(28)16(27)19(21,22)23)33-15-6-3-11(7-14(15)26)25-18(29)30/h1-7,12,16,25,27H,8-9H2,(H,24,28)(H,29,30)/t12-,16?/m0/s1. The van der Waals surface area contributed by atoms with E-state index in [1.54, 1.807) is 0 Å². The fourth-order valence-electron chi connectivity index (χ4n) is 3.04. The Bertz CT molecular complexity index is 1190. The van der Waals surface area contributed by atoms with Gasteiger partial charge in [0.15, 0.2) is 0 Å². The first-order valence-electron chi connectivity index (χ1n) is 9.40. The molecule has 4 N–H and O–H groups in total. The van der Waals surface area contributed by atoms with Crippen LogP contribution in [0.1, 0.15) is 0 Å². The number of hydrogen-bond acceptors (Lipinski definition) is 6. The highest BCUT2D eigenvalue weighted by atomic mass is 32.2. The van der Waals surface area contributed by atoms with Gasteiger partial charge in [-0.25, -0.2) is 17.6 Å². The molecule has 0 saturated heterocycles. The highest BCUT2D eigenvalue weighted by Crippen LogP contribution is 2.39. The Morgan fingerprint density at radius 2 is 1.82 bits per heavy atom. The van der Waals surface area contributed by atoms with Gasteiger partial charge in [-0.15, -0.1) is 0 Å². The van der Waals surface area contributed by atoms with Crippen molar-refractivity contribution in [3.8, 4) is 5.75 Å². The number of aliphatic hydroxyl groups excluding tert-OH is 1. The summed E-state index contributed by atoms with van der Waals surface area (Å²) >= 11 is 0. The Balaban J connectivity index is 1.93. The topological polar surface area (TPSA) is 145 Å². The van der Waals surface area contributed by atoms with Crippen LogP contribution in [0.15, 0.2) is 47.4 Å². The zero-order valence-corrected chi connectivity index (χ0v) is 17.7. The van der Waals surface area contributed by atoms with Crippen LogP contribution in [-0.4, -0.2) is 62.1 Å². The first-order chi connectivity index (χ1) is 15.8. The number of fused-ring (bicyclic) bond motifs is 1. The number of aliphatic hydroxyl groups is 1. The van der Waals surface area contributed by atoms with Crippen molar-refractivity contribution < 1.29 is 50.5 Å². The average Bonchev–Trinajstić information content (AvgIpc) is 2.75. The van der Waals surface area contributed by atoms with Crippen LogP contribution in [0, 0.1) is 5.82 Å². The fourth-order valence-corrected chi connectivity index (χ4v) is 4.54. The summed E-state index contributed by atoms with van der Waals surface area (Å²) < 4.78 is 83.7. The molecule has 15 heteroatoms. The maximum absolute atomic E-state index is 13.3. The summed E-state index contributed by atoms with van der Waals surface area (Å²) in [6, 6.07) is 7.45. The Hall–Kier alpha value is -3.59. The lowest BCUT2D eigenvalue weighted by molar-refractivity contribution is -0.205. The van der Waals surface area contributed by atoms with E-state index in [2.05, 4.69) is 5.32 Å². The molecule has 2 atom stereocenters. The third-order valence-electron chi connectivity index (χ3n) is 4.61. The van der Waals surface area contributed by atoms with E-state index in [9.17, 15) is 35.6 Å². The van der Waals surface area contributed by atoms with Gasteiger partial charge in [0.05, 0.1) is 23.7 Å². The molecule has 2 amide bonds. The Labute approximate surface area is 189 Å². The molecule has 10 nitrogen and oxygen atoms in total. The van der Waals surface area contributed by atoms with Crippen molar-refractivity contribution in [2.24, 2.45) is 0 Å². The number of sulfonamides is 1. The summed E-state index contributed by atoms with van der Waals surface area (Å²) in [6.45, 7) is -1.11. The second-order valence-corrected chi connectivity index (χ2v) is 8.89. The van der Waals surface area contributed by atoms with Gasteiger partial charge in [-0.2, -0.15) is 13.2 Å². The van der Waals surface area contributed by atoms with Crippen LogP contribution in [0.2, 0.25) is 0 Å². The predicted octanol–water partition coefficient (Wildman–Crippen LogP) is 1.91. The summed E-state index contributed by atoms with van der Waals surface area (Å²) in [5.74, 6) is -2.53. The number of nitrogens with zero attached hydrogens (tertiary/aromatic N) is 1. The van der Waals surface area contributed by atoms with Gasteiger partial charge in [0, 0.05) is 5.69 Å². The van der Waals surface area contributed by atoms with Crippen LogP contribution >= 0.6 is 0 Å². The van der Waals surface area contributed by atoms with Gasteiger partial charge in [0.1, 0.15) is 17.7 Å². The van der Waals surface area contributed by atoms with Crippen molar-refractivity contribution in [3.63, 3.8) is 0 Å². The molecule has 34 heavy (non-hydrogen) atoms. The van der Waals surface area contributed by atoms with E-state index in [4.69, 9.17) is 14.9 Å². The minimum absolute atomic E-state index is 0.00536. The number of nitrogens with one attached hydrogen (secondary N) is 2. The maximum atomic E-state index is 13.3. The molecule has 2 aromatic rings. The Kier molecular flexibility index (Phi) is 6.88. The lowest BCUT2D eigenvalue weighted by Gasteiger charge is -2.36. The number of hydrogen-bond donors (Lipinski definition) is 4. The van der Waals surface area contributed by atoms with Gasteiger partial charge in [0.2, 0.25) is 6.10 Å². The van der Waals surface area contributed by atoms with Gasteiger partial charge in [0.25, 0.3) is 15.9 Å². The van der Waals surface area contributed by atoms with Gasteiger partial charge in [-0.05, 0) is 42.5 Å². The minimum atomic E-state index is -5.20. The summed E-state index contributed by atoms with van der Waals surface area (Å²) in [7, 11) is -4.38. The molecule has 0 saturated carbocycles. The summed E-state index contributed by atoms with van der Waals surface area (Å²) in [6.07, 6.45) is -11.1. The van der Waals surface area contributed by atoms with Crippen LogP contribution < -0.4 is 19.7 Å². The first-order valence-corrected chi connectivity index (χ1v) is 10.8. The third kappa shape index (κ3) is 5.48. The summed E-state index contributed by atoms with van der Waals surface area (Å²) in [5, 5.41) is 21.8. The van der Waals surface area contributed by atoms with Gasteiger partial charge in [-0.1, -0.05) is 0 Å². The Morgan fingerprint density at radius 1 is 1.18 bits per heavy atom. The van der Waals surface area contributed by atoms with E-state index in [0.717, 1.165) is 34.6 Å². The summed E-state index contributed by atoms with van der Waals surface area (Å²) in [4.78, 5) is 22.2. The highest BCUT2D eigenvalue weighted by molar-refractivity contribution is 7.92. The fraction of sp³-hybridized carbons (Fsp3) is 0.263. The number of amides is 2. The van der Waals surface area contributed by atoms with Crippen LogP contribution in [0.5, 0.6) is 5.75 Å². The molecular weight excluding hydrogens is 490 g/mol. The number of benzene rings is 2. The van der Waals surface area contributed by atoms with Crippen molar-refractivity contribution in [2.75, 3.05) is 22.7 Å². The van der Waals surface area contributed by atoms with E-state index < -0.39 is 59.3 Å². The molecule has 0 aromatic heterocycles. The van der Waals surface area contributed by atoms with E-state index in [1.165, 1.54) is 12.1 Å².